The summed E-state index contributed by atoms with van der Waals surface area (Å²) in [4.78, 5) is 11.4. The number of rotatable bonds is 3. The normalized spacial score (nSPS) is 9.29. The number of amides is 1. The molecule has 0 aliphatic carbocycles. The zero-order chi connectivity index (χ0) is 10.6. The molecule has 0 radical (unpaired) electrons. The lowest BCUT2D eigenvalue weighted by atomic mass is 10.2. The highest BCUT2D eigenvalue weighted by Gasteiger charge is 2.03. The molecule has 0 saturated carbocycles. The van der Waals surface area contributed by atoms with Crippen LogP contribution in [0, 0.1) is 0 Å². The minimum Gasteiger partial charge on any atom is -0.303 e. The number of carbonyl (C=O) groups excluding carboxylic acids is 1. The Labute approximate surface area is 87.7 Å². The average molecular weight is 211 g/mol. The second kappa shape index (κ2) is 4.67. The van der Waals surface area contributed by atoms with Crippen molar-refractivity contribution in [1.29, 1.82) is 0 Å². The maximum absolute atomic E-state index is 11.4. The zero-order valence-electron chi connectivity index (χ0n) is 7.80. The molecule has 1 aromatic rings. The van der Waals surface area contributed by atoms with Crippen molar-refractivity contribution in [3.63, 3.8) is 0 Å². The van der Waals surface area contributed by atoms with Crippen molar-refractivity contribution in [2.24, 2.45) is 0 Å². The van der Waals surface area contributed by atoms with Gasteiger partial charge in [0.2, 0.25) is 0 Å². The van der Waals surface area contributed by atoms with Crippen molar-refractivity contribution in [3.8, 4) is 0 Å². The molecular weight excluding hydrogens is 200 g/mol. The number of hydrazine groups is 1. The lowest BCUT2D eigenvalue weighted by molar-refractivity contribution is 0.0939. The van der Waals surface area contributed by atoms with Crippen molar-refractivity contribution in [2.45, 2.75) is 6.92 Å². The number of halogens is 1. The van der Waals surface area contributed by atoms with E-state index in [0.717, 1.165) is 0 Å². The van der Waals surface area contributed by atoms with Crippen molar-refractivity contribution in [1.82, 2.24) is 10.9 Å². The van der Waals surface area contributed by atoms with E-state index < -0.39 is 0 Å². The first-order valence-corrected chi connectivity index (χ1v) is 4.45. The summed E-state index contributed by atoms with van der Waals surface area (Å²) in [6.45, 7) is 5.34. The third-order valence-corrected chi connectivity index (χ3v) is 1.75. The molecule has 2 N–H and O–H groups in total. The molecule has 0 fully saturated rings. The molecule has 14 heavy (non-hydrogen) atoms. The second-order valence-electron chi connectivity index (χ2n) is 2.87. The highest BCUT2D eigenvalue weighted by atomic mass is 35.5. The monoisotopic (exact) mass is 210 g/mol. The van der Waals surface area contributed by atoms with E-state index in [1.54, 1.807) is 31.2 Å². The van der Waals surface area contributed by atoms with Crippen LogP contribution in [-0.2, 0) is 0 Å². The van der Waals surface area contributed by atoms with Crippen LogP contribution in [0.25, 0.3) is 0 Å². The van der Waals surface area contributed by atoms with Crippen LogP contribution in [-0.4, -0.2) is 5.91 Å². The Hall–Kier alpha value is -1.48. The summed E-state index contributed by atoms with van der Waals surface area (Å²) in [7, 11) is 0. The van der Waals surface area contributed by atoms with Crippen LogP contribution in [0.15, 0.2) is 36.5 Å². The Kier molecular flexibility index (Phi) is 3.54. The van der Waals surface area contributed by atoms with Crippen molar-refractivity contribution < 1.29 is 4.79 Å². The van der Waals surface area contributed by atoms with Gasteiger partial charge in [0.25, 0.3) is 5.91 Å². The second-order valence-corrected chi connectivity index (χ2v) is 3.30. The Morgan fingerprint density at radius 1 is 1.29 bits per heavy atom. The molecule has 1 amide bonds. The van der Waals surface area contributed by atoms with Crippen LogP contribution in [0.2, 0.25) is 5.02 Å². The molecule has 0 aromatic heterocycles. The first kappa shape index (κ1) is 10.6. The van der Waals surface area contributed by atoms with Gasteiger partial charge in [0, 0.05) is 16.3 Å². The Balaban J connectivity index is 2.61. The van der Waals surface area contributed by atoms with Crippen LogP contribution in [0.3, 0.4) is 0 Å². The summed E-state index contributed by atoms with van der Waals surface area (Å²) in [6.07, 6.45) is 0. The molecule has 0 bridgehead atoms. The van der Waals surface area contributed by atoms with Gasteiger partial charge in [0.1, 0.15) is 0 Å². The minimum atomic E-state index is -0.218. The predicted octanol–water partition coefficient (Wildman–Crippen LogP) is 2.11. The maximum atomic E-state index is 11.4. The lowest BCUT2D eigenvalue weighted by Crippen LogP contribution is -2.35. The van der Waals surface area contributed by atoms with Crippen molar-refractivity contribution >= 4 is 17.5 Å². The number of allylic oxidation sites excluding steroid dienone is 1. The predicted molar refractivity (Wildman–Crippen MR) is 56.9 cm³/mol. The number of nitrogens with one attached hydrogen (secondary N) is 2. The number of benzene rings is 1. The maximum Gasteiger partial charge on any atom is 0.269 e. The van der Waals surface area contributed by atoms with Gasteiger partial charge in [0.05, 0.1) is 0 Å². The van der Waals surface area contributed by atoms with Gasteiger partial charge in [-0.05, 0) is 31.2 Å². The molecule has 74 valence electrons. The fourth-order valence-corrected chi connectivity index (χ4v) is 0.963. The fourth-order valence-electron chi connectivity index (χ4n) is 0.837. The summed E-state index contributed by atoms with van der Waals surface area (Å²) in [5.74, 6) is -0.218. The Bertz CT molecular complexity index is 346. The summed E-state index contributed by atoms with van der Waals surface area (Å²) in [6, 6.07) is 6.63. The van der Waals surface area contributed by atoms with E-state index in [9.17, 15) is 4.79 Å². The first-order valence-electron chi connectivity index (χ1n) is 4.07. The van der Waals surface area contributed by atoms with E-state index in [-0.39, 0.29) is 5.91 Å². The van der Waals surface area contributed by atoms with Crippen molar-refractivity contribution in [3.05, 3.63) is 47.1 Å². The molecule has 1 rings (SSSR count). The number of hydrogen-bond donors (Lipinski definition) is 2. The minimum absolute atomic E-state index is 0.218. The van der Waals surface area contributed by atoms with Gasteiger partial charge in [0.15, 0.2) is 0 Å². The van der Waals surface area contributed by atoms with Crippen LogP contribution in [0.5, 0.6) is 0 Å². The SMILES string of the molecule is C=C(C)NNC(=O)c1ccc(Cl)cc1. The van der Waals surface area contributed by atoms with Gasteiger partial charge in [-0.15, -0.1) is 0 Å². The van der Waals surface area contributed by atoms with Crippen LogP contribution >= 0.6 is 11.6 Å². The fraction of sp³-hybridized carbons (Fsp3) is 0.100. The highest BCUT2D eigenvalue weighted by molar-refractivity contribution is 6.30. The summed E-state index contributed by atoms with van der Waals surface area (Å²) < 4.78 is 0. The molecule has 0 unspecified atom stereocenters. The standard InChI is InChI=1S/C10H11ClN2O/c1-7(2)12-13-10(14)8-3-5-9(11)6-4-8/h3-6,12H,1H2,2H3,(H,13,14). The molecule has 1 aromatic carbocycles. The van der Waals surface area contributed by atoms with Crippen molar-refractivity contribution in [2.75, 3.05) is 0 Å². The Morgan fingerprint density at radius 2 is 1.86 bits per heavy atom. The summed E-state index contributed by atoms with van der Waals surface area (Å²) in [5.41, 5.74) is 6.34. The molecule has 0 atom stereocenters. The molecule has 4 heteroatoms. The zero-order valence-corrected chi connectivity index (χ0v) is 8.56. The van der Waals surface area contributed by atoms with E-state index in [4.69, 9.17) is 11.6 Å². The average Bonchev–Trinajstić information content (AvgIpc) is 2.15. The van der Waals surface area contributed by atoms with E-state index in [1.807, 2.05) is 0 Å². The topological polar surface area (TPSA) is 41.1 Å². The van der Waals surface area contributed by atoms with Gasteiger partial charge < -0.3 is 5.43 Å². The lowest BCUT2D eigenvalue weighted by Gasteiger charge is -2.07. The summed E-state index contributed by atoms with van der Waals surface area (Å²) >= 11 is 5.68. The molecule has 0 aliphatic heterocycles. The van der Waals surface area contributed by atoms with Crippen LogP contribution < -0.4 is 10.9 Å². The number of carbonyl (C=O) groups is 1. The smallest absolute Gasteiger partial charge is 0.269 e. The van der Waals surface area contributed by atoms with E-state index in [2.05, 4.69) is 17.4 Å². The van der Waals surface area contributed by atoms with Gasteiger partial charge >= 0.3 is 0 Å². The number of hydrogen-bond acceptors (Lipinski definition) is 2. The Morgan fingerprint density at radius 3 is 2.36 bits per heavy atom. The van der Waals surface area contributed by atoms with Crippen LogP contribution in [0.4, 0.5) is 0 Å². The largest absolute Gasteiger partial charge is 0.303 e. The quantitative estimate of drug-likeness (QED) is 0.751. The molecule has 3 nitrogen and oxygen atoms in total. The van der Waals surface area contributed by atoms with Gasteiger partial charge in [-0.1, -0.05) is 18.2 Å². The third kappa shape index (κ3) is 3.11. The molecule has 0 saturated heterocycles. The van der Waals surface area contributed by atoms with Crippen LogP contribution in [0.1, 0.15) is 17.3 Å². The molecule has 0 aliphatic rings. The van der Waals surface area contributed by atoms with E-state index in [0.29, 0.717) is 16.3 Å². The molecule has 0 heterocycles. The highest BCUT2D eigenvalue weighted by Crippen LogP contribution is 2.08. The van der Waals surface area contributed by atoms with Gasteiger partial charge in [-0.25, -0.2) is 0 Å². The molecule has 0 spiro atoms. The van der Waals surface area contributed by atoms with E-state index >= 15 is 0 Å². The molecular formula is C10H11ClN2O. The summed E-state index contributed by atoms with van der Waals surface area (Å²) in [5, 5.41) is 0.606. The van der Waals surface area contributed by atoms with Gasteiger partial charge in [-0.2, -0.15) is 0 Å². The first-order chi connectivity index (χ1) is 6.59. The van der Waals surface area contributed by atoms with E-state index in [1.165, 1.54) is 0 Å². The third-order valence-electron chi connectivity index (χ3n) is 1.50. The van der Waals surface area contributed by atoms with Gasteiger partial charge in [-0.3, -0.25) is 10.2 Å².